The van der Waals surface area contributed by atoms with E-state index in [1.807, 2.05) is 66.7 Å². The van der Waals surface area contributed by atoms with Crippen molar-refractivity contribution < 1.29 is 24.1 Å². The van der Waals surface area contributed by atoms with Crippen LogP contribution in [0.1, 0.15) is 30.1 Å². The lowest BCUT2D eigenvalue weighted by atomic mass is 9.88. The Morgan fingerprint density at radius 3 is 2.05 bits per heavy atom. The lowest BCUT2D eigenvalue weighted by molar-refractivity contribution is -0.142. The van der Waals surface area contributed by atoms with Crippen LogP contribution in [-0.2, 0) is 9.53 Å². The zero-order chi connectivity index (χ0) is 27.5. The van der Waals surface area contributed by atoms with Crippen molar-refractivity contribution in [2.75, 3.05) is 18.3 Å². The molecule has 0 radical (unpaired) electrons. The molecule has 0 aliphatic carbocycles. The number of anilines is 3. The van der Waals surface area contributed by atoms with Gasteiger partial charge in [-0.1, -0.05) is 53.9 Å². The Morgan fingerprint density at radius 2 is 1.44 bits per heavy atom. The normalized spacial score (nSPS) is 13.6. The third-order valence-electron chi connectivity index (χ3n) is 6.39. The molecule has 1 heterocycles. The van der Waals surface area contributed by atoms with Gasteiger partial charge in [-0.3, -0.25) is 4.79 Å². The molecule has 0 saturated heterocycles. The van der Waals surface area contributed by atoms with Crippen LogP contribution in [0.2, 0.25) is 0 Å². The van der Waals surface area contributed by atoms with E-state index in [0.717, 1.165) is 36.0 Å². The van der Waals surface area contributed by atoms with Gasteiger partial charge >= 0.3 is 5.97 Å². The fourth-order valence-corrected chi connectivity index (χ4v) is 5.43. The smallest absolute Gasteiger partial charge is 0.302 e. The molecule has 2 atom stereocenters. The first-order chi connectivity index (χ1) is 18.8. The van der Waals surface area contributed by atoms with Crippen molar-refractivity contribution in [3.63, 3.8) is 0 Å². The van der Waals surface area contributed by atoms with E-state index >= 15 is 0 Å². The largest absolute Gasteiger partial charge is 0.465 e. The number of hydrogen-bond acceptors (Lipinski definition) is 6. The highest BCUT2D eigenvalue weighted by molar-refractivity contribution is 9.11. The highest BCUT2D eigenvalue weighted by Crippen LogP contribution is 2.45. The number of rotatable bonds is 8. The molecule has 4 aromatic carbocycles. The quantitative estimate of drug-likeness (QED) is 0.184. The molecule has 0 fully saturated rings. The summed E-state index contributed by atoms with van der Waals surface area (Å²) in [4.78, 5) is 14.0. The minimum atomic E-state index is -1.01. The Morgan fingerprint density at radius 1 is 0.846 bits per heavy atom. The number of aliphatic hydroxyl groups is 1. The lowest BCUT2D eigenvalue weighted by Crippen LogP contribution is -2.22. The SMILES string of the molecule is CC(=O)OC[C@@H](c1cc(Br)ccc1N(c1ccc(Br)cc1)c1ccc(Br)cc1)[C@@H](O)c1ccc2c(c1)OCO2. The maximum Gasteiger partial charge on any atom is 0.302 e. The first-order valence-corrected chi connectivity index (χ1v) is 14.5. The number of benzene rings is 4. The number of halogens is 3. The van der Waals surface area contributed by atoms with Crippen LogP contribution in [0.3, 0.4) is 0 Å². The first-order valence-electron chi connectivity index (χ1n) is 12.1. The number of carbonyl (C=O) groups excluding carboxylic acids is 1. The number of ether oxygens (including phenoxy) is 3. The zero-order valence-electron chi connectivity index (χ0n) is 20.8. The van der Waals surface area contributed by atoms with E-state index in [2.05, 4.69) is 52.7 Å². The average molecular weight is 718 g/mol. The Kier molecular flexibility index (Phi) is 8.61. The molecule has 0 aromatic heterocycles. The summed E-state index contributed by atoms with van der Waals surface area (Å²) >= 11 is 10.7. The van der Waals surface area contributed by atoms with Crippen LogP contribution >= 0.6 is 47.8 Å². The van der Waals surface area contributed by atoms with Crippen LogP contribution < -0.4 is 14.4 Å². The van der Waals surface area contributed by atoms with Crippen LogP contribution in [0.15, 0.2) is 98.3 Å². The van der Waals surface area contributed by atoms with Gasteiger partial charge in [-0.25, -0.2) is 0 Å². The van der Waals surface area contributed by atoms with Crippen molar-refractivity contribution in [3.8, 4) is 11.5 Å². The van der Waals surface area contributed by atoms with Crippen molar-refractivity contribution in [2.24, 2.45) is 0 Å². The van der Waals surface area contributed by atoms with E-state index in [9.17, 15) is 9.90 Å². The van der Waals surface area contributed by atoms with Crippen molar-refractivity contribution in [1.82, 2.24) is 0 Å². The number of nitrogens with zero attached hydrogens (tertiary/aromatic N) is 1. The Bertz CT molecular complexity index is 1430. The summed E-state index contributed by atoms with van der Waals surface area (Å²) in [5.74, 6) is 0.170. The third-order valence-corrected chi connectivity index (χ3v) is 7.94. The van der Waals surface area contributed by atoms with Crippen molar-refractivity contribution in [1.29, 1.82) is 0 Å². The van der Waals surface area contributed by atoms with Crippen molar-refractivity contribution in [2.45, 2.75) is 18.9 Å². The Hall–Kier alpha value is -2.85. The third kappa shape index (κ3) is 6.32. The Labute approximate surface area is 251 Å². The van der Waals surface area contributed by atoms with E-state index in [4.69, 9.17) is 14.2 Å². The summed E-state index contributed by atoms with van der Waals surface area (Å²) in [5, 5.41) is 11.8. The Balaban J connectivity index is 1.66. The molecule has 0 spiro atoms. The van der Waals surface area contributed by atoms with Gasteiger partial charge in [0.05, 0.1) is 12.0 Å². The predicted molar refractivity (Wildman–Crippen MR) is 161 cm³/mol. The van der Waals surface area contributed by atoms with Gasteiger partial charge in [-0.2, -0.15) is 0 Å². The minimum Gasteiger partial charge on any atom is -0.465 e. The lowest BCUT2D eigenvalue weighted by Gasteiger charge is -2.32. The topological polar surface area (TPSA) is 68.2 Å². The van der Waals surface area contributed by atoms with Crippen LogP contribution in [-0.4, -0.2) is 24.5 Å². The second-order valence-electron chi connectivity index (χ2n) is 8.96. The summed E-state index contributed by atoms with van der Waals surface area (Å²) in [6.07, 6.45) is -1.01. The van der Waals surface area contributed by atoms with Crippen LogP contribution in [0, 0.1) is 0 Å². The molecule has 0 saturated carbocycles. The second kappa shape index (κ2) is 12.1. The fourth-order valence-electron chi connectivity index (χ4n) is 4.52. The minimum absolute atomic E-state index is 0.0249. The van der Waals surface area contributed by atoms with Gasteiger partial charge in [0.15, 0.2) is 11.5 Å². The number of carbonyl (C=O) groups is 1. The molecule has 39 heavy (non-hydrogen) atoms. The summed E-state index contributed by atoms with van der Waals surface area (Å²) in [5.41, 5.74) is 4.10. The number of aliphatic hydroxyl groups excluding tert-OH is 1. The van der Waals surface area contributed by atoms with Gasteiger partial charge in [-0.15, -0.1) is 0 Å². The maximum absolute atomic E-state index is 11.9. The summed E-state index contributed by atoms with van der Waals surface area (Å²) < 4.78 is 19.3. The van der Waals surface area contributed by atoms with Gasteiger partial charge in [-0.05, 0) is 90.0 Å². The summed E-state index contributed by atoms with van der Waals surface area (Å²) in [6, 6.07) is 27.3. The zero-order valence-corrected chi connectivity index (χ0v) is 25.6. The second-order valence-corrected chi connectivity index (χ2v) is 11.7. The van der Waals surface area contributed by atoms with Gasteiger partial charge < -0.3 is 24.2 Å². The number of esters is 1. The number of hydrogen-bond donors (Lipinski definition) is 1. The molecule has 5 rings (SSSR count). The van der Waals surface area contributed by atoms with E-state index < -0.39 is 18.0 Å². The van der Waals surface area contributed by atoms with Crippen molar-refractivity contribution >= 4 is 70.8 Å². The average Bonchev–Trinajstić information content (AvgIpc) is 3.40. The summed E-state index contributed by atoms with van der Waals surface area (Å²) in [6.45, 7) is 1.47. The highest BCUT2D eigenvalue weighted by Gasteiger charge is 2.30. The molecule has 9 heteroatoms. The molecule has 1 aliphatic heterocycles. The molecule has 1 aliphatic rings. The molecule has 0 unspecified atom stereocenters. The molecule has 4 aromatic rings. The van der Waals surface area contributed by atoms with Gasteiger partial charge in [0.1, 0.15) is 6.61 Å². The monoisotopic (exact) mass is 715 g/mol. The predicted octanol–water partition coefficient (Wildman–Crippen LogP) is 8.55. The molecular weight excluding hydrogens is 694 g/mol. The molecule has 6 nitrogen and oxygen atoms in total. The van der Waals surface area contributed by atoms with Crippen LogP contribution in [0.4, 0.5) is 17.1 Å². The van der Waals surface area contributed by atoms with E-state index in [-0.39, 0.29) is 13.4 Å². The molecule has 0 amide bonds. The maximum atomic E-state index is 11.9. The fraction of sp³-hybridized carbons (Fsp3) is 0.167. The molecule has 200 valence electrons. The van der Waals surface area contributed by atoms with Crippen LogP contribution in [0.25, 0.3) is 0 Å². The van der Waals surface area contributed by atoms with Crippen molar-refractivity contribution in [3.05, 3.63) is 109 Å². The standard InChI is InChI=1S/C30H24Br3NO5/c1-18(35)37-16-26(30(36)19-2-13-28-29(14-19)39-17-38-28)25-15-22(33)7-12-27(25)34(23-8-3-20(31)4-9-23)24-10-5-21(32)6-11-24/h2-15,26,30,36H,16-17H2,1H3/t26-,30-/m0/s1. The summed E-state index contributed by atoms with van der Waals surface area (Å²) in [7, 11) is 0. The molecule has 1 N–H and O–H groups in total. The molecular formula is C30H24Br3NO5. The van der Waals surface area contributed by atoms with Crippen LogP contribution in [0.5, 0.6) is 11.5 Å². The van der Waals surface area contributed by atoms with Gasteiger partial charge in [0.2, 0.25) is 6.79 Å². The highest BCUT2D eigenvalue weighted by atomic mass is 79.9. The van der Waals surface area contributed by atoms with Gasteiger partial charge in [0.25, 0.3) is 0 Å². The number of fused-ring (bicyclic) bond motifs is 1. The van der Waals surface area contributed by atoms with E-state index in [1.165, 1.54) is 6.92 Å². The van der Waals surface area contributed by atoms with E-state index in [0.29, 0.717) is 17.1 Å². The first kappa shape index (κ1) is 27.7. The van der Waals surface area contributed by atoms with E-state index in [1.54, 1.807) is 18.2 Å². The van der Waals surface area contributed by atoms with Gasteiger partial charge in [0, 0.05) is 37.4 Å². The molecule has 0 bridgehead atoms.